The van der Waals surface area contributed by atoms with Crippen molar-refractivity contribution in [1.29, 1.82) is 0 Å². The van der Waals surface area contributed by atoms with Crippen molar-refractivity contribution >= 4 is 22.4 Å². The molecule has 6 nitrogen and oxygen atoms in total. The molecule has 0 spiro atoms. The molecule has 1 aromatic carbocycles. The van der Waals surface area contributed by atoms with E-state index in [4.69, 9.17) is 15.2 Å². The number of sulfonamides is 1. The Morgan fingerprint density at radius 2 is 1.68 bits per heavy atom. The van der Waals surface area contributed by atoms with E-state index in [2.05, 4.69) is 4.72 Å². The Morgan fingerprint density at radius 3 is 2.36 bits per heavy atom. The zero-order valence-electron chi connectivity index (χ0n) is 12.2. The van der Waals surface area contributed by atoms with Crippen molar-refractivity contribution in [2.75, 3.05) is 13.2 Å². The Hall–Kier alpha value is -1.02. The fourth-order valence-corrected chi connectivity index (χ4v) is 4.04. The monoisotopic (exact) mass is 348 g/mol. The number of ether oxygens (including phenoxy) is 2. The molecule has 1 heterocycles. The van der Waals surface area contributed by atoms with E-state index in [0.717, 1.165) is 25.7 Å². The van der Waals surface area contributed by atoms with Crippen LogP contribution in [-0.2, 0) is 10.0 Å². The van der Waals surface area contributed by atoms with E-state index in [1.54, 1.807) is 12.1 Å². The molecule has 0 aromatic heterocycles. The smallest absolute Gasteiger partial charge is 0.240 e. The standard InChI is InChI=1S/C14H20N2O4S.ClH/c15-10-1-3-11(4-2-10)16-21(17,18)12-5-6-13-14(9-12)20-8-7-19-13;/h5-6,9-11,16H,1-4,7-8,15H2;1H. The molecule has 0 atom stereocenters. The van der Waals surface area contributed by atoms with Gasteiger partial charge in [0, 0.05) is 18.2 Å². The average molecular weight is 349 g/mol. The molecule has 1 saturated carbocycles. The van der Waals surface area contributed by atoms with Gasteiger partial charge in [0.15, 0.2) is 11.5 Å². The molecule has 3 N–H and O–H groups in total. The summed E-state index contributed by atoms with van der Waals surface area (Å²) in [5, 5.41) is 0. The topological polar surface area (TPSA) is 90.7 Å². The number of hydrogen-bond donors (Lipinski definition) is 2. The Balaban J connectivity index is 0.00000176. The largest absolute Gasteiger partial charge is 0.486 e. The molecular weight excluding hydrogens is 328 g/mol. The summed E-state index contributed by atoms with van der Waals surface area (Å²) in [6.45, 7) is 0.921. The molecule has 8 heteroatoms. The molecule has 2 aliphatic rings. The first-order chi connectivity index (χ1) is 10.0. The van der Waals surface area contributed by atoms with Crippen molar-refractivity contribution in [3.8, 4) is 11.5 Å². The number of nitrogens with two attached hydrogens (primary N) is 1. The lowest BCUT2D eigenvalue weighted by Crippen LogP contribution is -2.40. The number of hydrogen-bond acceptors (Lipinski definition) is 5. The van der Waals surface area contributed by atoms with E-state index >= 15 is 0 Å². The Labute approximate surface area is 136 Å². The fraction of sp³-hybridized carbons (Fsp3) is 0.571. The van der Waals surface area contributed by atoms with Gasteiger partial charge in [-0.25, -0.2) is 13.1 Å². The molecule has 0 bridgehead atoms. The number of fused-ring (bicyclic) bond motifs is 1. The molecule has 0 amide bonds. The van der Waals surface area contributed by atoms with Gasteiger partial charge in [0.25, 0.3) is 0 Å². The zero-order valence-corrected chi connectivity index (χ0v) is 13.8. The summed E-state index contributed by atoms with van der Waals surface area (Å²) in [7, 11) is -3.54. The normalized spacial score (nSPS) is 24.4. The number of nitrogens with one attached hydrogen (secondary N) is 1. The van der Waals surface area contributed by atoms with E-state index < -0.39 is 10.0 Å². The second-order valence-electron chi connectivity index (χ2n) is 5.54. The second kappa shape index (κ2) is 7.04. The highest BCUT2D eigenvalue weighted by Gasteiger charge is 2.25. The Bertz CT molecular complexity index is 615. The molecule has 0 saturated heterocycles. The lowest BCUT2D eigenvalue weighted by atomic mass is 9.93. The molecule has 0 radical (unpaired) electrons. The third-order valence-electron chi connectivity index (χ3n) is 3.92. The van der Waals surface area contributed by atoms with Gasteiger partial charge in [0.05, 0.1) is 4.90 Å². The average Bonchev–Trinajstić information content (AvgIpc) is 2.49. The molecule has 1 aliphatic heterocycles. The first-order valence-electron chi connectivity index (χ1n) is 7.22. The van der Waals surface area contributed by atoms with Gasteiger partial charge < -0.3 is 15.2 Å². The maximum atomic E-state index is 12.4. The maximum Gasteiger partial charge on any atom is 0.240 e. The van der Waals surface area contributed by atoms with Gasteiger partial charge in [-0.2, -0.15) is 0 Å². The quantitative estimate of drug-likeness (QED) is 0.862. The van der Waals surface area contributed by atoms with Crippen LogP contribution in [0.15, 0.2) is 23.1 Å². The van der Waals surface area contributed by atoms with Gasteiger partial charge in [-0.3, -0.25) is 0 Å². The van der Waals surface area contributed by atoms with Crippen molar-refractivity contribution in [3.05, 3.63) is 18.2 Å². The van der Waals surface area contributed by atoms with Gasteiger partial charge in [0.2, 0.25) is 10.0 Å². The highest BCUT2D eigenvalue weighted by Crippen LogP contribution is 2.32. The third-order valence-corrected chi connectivity index (χ3v) is 5.44. The van der Waals surface area contributed by atoms with Gasteiger partial charge in [-0.1, -0.05) is 0 Å². The van der Waals surface area contributed by atoms with Gasteiger partial charge >= 0.3 is 0 Å². The SMILES string of the molecule is Cl.NC1CCC(NS(=O)(=O)c2ccc3c(c2)OCCO3)CC1. The van der Waals surface area contributed by atoms with Crippen molar-refractivity contribution in [2.24, 2.45) is 5.73 Å². The van der Waals surface area contributed by atoms with E-state index in [1.165, 1.54) is 6.07 Å². The fourth-order valence-electron chi connectivity index (χ4n) is 2.72. The summed E-state index contributed by atoms with van der Waals surface area (Å²) in [6, 6.07) is 4.86. The van der Waals surface area contributed by atoms with Crippen LogP contribution in [0.25, 0.3) is 0 Å². The van der Waals surface area contributed by atoms with Crippen LogP contribution in [0.5, 0.6) is 11.5 Å². The van der Waals surface area contributed by atoms with E-state index in [1.807, 2.05) is 0 Å². The van der Waals surface area contributed by atoms with E-state index in [-0.39, 0.29) is 29.4 Å². The summed E-state index contributed by atoms with van der Waals surface area (Å²) in [4.78, 5) is 0.210. The second-order valence-corrected chi connectivity index (χ2v) is 7.25. The van der Waals surface area contributed by atoms with Crippen LogP contribution in [0.1, 0.15) is 25.7 Å². The minimum atomic E-state index is -3.54. The molecule has 1 fully saturated rings. The molecule has 22 heavy (non-hydrogen) atoms. The maximum absolute atomic E-state index is 12.4. The van der Waals surface area contributed by atoms with E-state index in [0.29, 0.717) is 24.7 Å². The third kappa shape index (κ3) is 3.84. The summed E-state index contributed by atoms with van der Waals surface area (Å²) in [5.41, 5.74) is 5.84. The molecule has 124 valence electrons. The van der Waals surface area contributed by atoms with Crippen LogP contribution < -0.4 is 19.9 Å². The molecule has 3 rings (SSSR count). The predicted octanol–water partition coefficient (Wildman–Crippen LogP) is 1.43. The Morgan fingerprint density at radius 1 is 1.05 bits per heavy atom. The highest BCUT2D eigenvalue weighted by molar-refractivity contribution is 7.89. The molecule has 0 unspecified atom stereocenters. The molecule has 1 aromatic rings. The summed E-state index contributed by atoms with van der Waals surface area (Å²) >= 11 is 0. The van der Waals surface area contributed by atoms with Gasteiger partial charge in [-0.05, 0) is 37.8 Å². The van der Waals surface area contributed by atoms with Gasteiger partial charge in [0.1, 0.15) is 13.2 Å². The number of benzene rings is 1. The predicted molar refractivity (Wildman–Crippen MR) is 85.2 cm³/mol. The van der Waals surface area contributed by atoms with Crippen LogP contribution in [0, 0.1) is 0 Å². The summed E-state index contributed by atoms with van der Waals surface area (Å²) in [5.74, 6) is 1.07. The van der Waals surface area contributed by atoms with Crippen LogP contribution in [0.4, 0.5) is 0 Å². The summed E-state index contributed by atoms with van der Waals surface area (Å²) < 4.78 is 38.4. The van der Waals surface area contributed by atoms with Crippen LogP contribution >= 0.6 is 12.4 Å². The minimum Gasteiger partial charge on any atom is -0.486 e. The number of halogens is 1. The Kier molecular flexibility index (Phi) is 5.55. The van der Waals surface area contributed by atoms with Crippen molar-refractivity contribution in [3.63, 3.8) is 0 Å². The van der Waals surface area contributed by atoms with Crippen molar-refractivity contribution in [1.82, 2.24) is 4.72 Å². The lowest BCUT2D eigenvalue weighted by Gasteiger charge is -2.26. The summed E-state index contributed by atoms with van der Waals surface area (Å²) in [6.07, 6.45) is 3.28. The van der Waals surface area contributed by atoms with Crippen LogP contribution in [-0.4, -0.2) is 33.7 Å². The van der Waals surface area contributed by atoms with Crippen molar-refractivity contribution < 1.29 is 17.9 Å². The van der Waals surface area contributed by atoms with Crippen LogP contribution in [0.3, 0.4) is 0 Å². The highest BCUT2D eigenvalue weighted by atomic mass is 35.5. The minimum absolute atomic E-state index is 0. The molecular formula is C14H21ClN2O4S. The van der Waals surface area contributed by atoms with Crippen molar-refractivity contribution in [2.45, 2.75) is 42.7 Å². The zero-order chi connectivity index (χ0) is 14.9. The first kappa shape index (κ1) is 17.3. The lowest BCUT2D eigenvalue weighted by molar-refractivity contribution is 0.171. The van der Waals surface area contributed by atoms with Gasteiger partial charge in [-0.15, -0.1) is 12.4 Å². The molecule has 1 aliphatic carbocycles. The van der Waals surface area contributed by atoms with E-state index in [9.17, 15) is 8.42 Å². The number of rotatable bonds is 3. The van der Waals surface area contributed by atoms with Crippen LogP contribution in [0.2, 0.25) is 0 Å². The first-order valence-corrected chi connectivity index (χ1v) is 8.70.